The molecule has 1 N–H and O–H groups in total. The second-order valence-electron chi connectivity index (χ2n) is 6.78. The molecule has 1 heterocycles. The van der Waals surface area contributed by atoms with Gasteiger partial charge in [0.2, 0.25) is 17.7 Å². The van der Waals surface area contributed by atoms with Gasteiger partial charge in [0.15, 0.2) is 0 Å². The second kappa shape index (κ2) is 8.68. The van der Waals surface area contributed by atoms with Gasteiger partial charge in [-0.2, -0.15) is 0 Å². The highest BCUT2D eigenvalue weighted by atomic mass is 35.5. The van der Waals surface area contributed by atoms with Crippen molar-refractivity contribution in [2.75, 3.05) is 16.0 Å². The molecule has 0 aromatic heterocycles. The highest BCUT2D eigenvalue weighted by Gasteiger charge is 2.40. The molecule has 8 heteroatoms. The van der Waals surface area contributed by atoms with Gasteiger partial charge in [0.1, 0.15) is 0 Å². The molecule has 3 amide bonds. The highest BCUT2D eigenvalue weighted by molar-refractivity contribution is 8.01. The van der Waals surface area contributed by atoms with Crippen LogP contribution in [-0.4, -0.2) is 28.7 Å². The van der Waals surface area contributed by atoms with Gasteiger partial charge in [-0.05, 0) is 41.1 Å². The highest BCUT2D eigenvalue weighted by Crippen LogP contribution is 2.33. The summed E-state index contributed by atoms with van der Waals surface area (Å²) in [5.74, 6) is -0.859. The van der Waals surface area contributed by atoms with Crippen molar-refractivity contribution in [2.45, 2.75) is 11.7 Å². The van der Waals surface area contributed by atoms with Gasteiger partial charge in [-0.1, -0.05) is 53.5 Å². The molecular weight excluding hydrogens is 443 g/mol. The molecule has 0 bridgehead atoms. The third kappa shape index (κ3) is 4.31. The number of imide groups is 1. The van der Waals surface area contributed by atoms with Crippen LogP contribution in [0.5, 0.6) is 0 Å². The fourth-order valence-electron chi connectivity index (χ4n) is 3.27. The number of anilines is 2. The maximum Gasteiger partial charge on any atom is 0.247 e. The lowest BCUT2D eigenvalue weighted by atomic mass is 10.1. The van der Waals surface area contributed by atoms with Gasteiger partial charge in [-0.25, -0.2) is 4.90 Å². The maximum absolute atomic E-state index is 12.7. The summed E-state index contributed by atoms with van der Waals surface area (Å²) >= 11 is 13.1. The summed E-state index contributed by atoms with van der Waals surface area (Å²) in [5.41, 5.74) is 1.06. The Labute approximate surface area is 187 Å². The van der Waals surface area contributed by atoms with E-state index in [1.54, 1.807) is 6.07 Å². The minimum atomic E-state index is -0.616. The second-order valence-corrected chi connectivity index (χ2v) is 8.79. The number of nitrogens with zero attached hydrogens (tertiary/aromatic N) is 1. The molecular formula is C22H16Cl2N2O3S. The van der Waals surface area contributed by atoms with Gasteiger partial charge < -0.3 is 5.32 Å². The van der Waals surface area contributed by atoms with E-state index in [1.165, 1.54) is 12.1 Å². The van der Waals surface area contributed by atoms with Crippen molar-refractivity contribution in [1.82, 2.24) is 0 Å². The van der Waals surface area contributed by atoms with E-state index in [0.717, 1.165) is 27.4 Å². The van der Waals surface area contributed by atoms with Crippen LogP contribution in [0.15, 0.2) is 60.7 Å². The third-order valence-electron chi connectivity index (χ3n) is 4.72. The van der Waals surface area contributed by atoms with Crippen LogP contribution in [0.1, 0.15) is 6.42 Å². The molecule has 5 nitrogen and oxygen atoms in total. The molecule has 1 fully saturated rings. The lowest BCUT2D eigenvalue weighted by Crippen LogP contribution is -2.31. The summed E-state index contributed by atoms with van der Waals surface area (Å²) < 4.78 is 0. The van der Waals surface area contributed by atoms with Gasteiger partial charge in [0, 0.05) is 12.1 Å². The largest absolute Gasteiger partial charge is 0.325 e. The summed E-state index contributed by atoms with van der Waals surface area (Å²) in [4.78, 5) is 38.5. The number of benzene rings is 3. The number of rotatable bonds is 5. The zero-order chi connectivity index (χ0) is 21.3. The Kier molecular flexibility index (Phi) is 5.99. The smallest absolute Gasteiger partial charge is 0.247 e. The van der Waals surface area contributed by atoms with Crippen LogP contribution in [0.4, 0.5) is 11.4 Å². The number of carbonyl (C=O) groups is 3. The molecule has 1 saturated heterocycles. The molecule has 1 aliphatic rings. The summed E-state index contributed by atoms with van der Waals surface area (Å²) in [6, 6.07) is 18.1. The van der Waals surface area contributed by atoms with E-state index in [4.69, 9.17) is 23.2 Å². The number of thioether (sulfide) groups is 1. The van der Waals surface area contributed by atoms with Crippen LogP contribution in [0.3, 0.4) is 0 Å². The normalized spacial score (nSPS) is 16.3. The van der Waals surface area contributed by atoms with Crippen molar-refractivity contribution in [1.29, 1.82) is 0 Å². The van der Waals surface area contributed by atoms with E-state index in [9.17, 15) is 14.4 Å². The molecule has 4 rings (SSSR count). The summed E-state index contributed by atoms with van der Waals surface area (Å²) in [7, 11) is 0. The fourth-order valence-corrected chi connectivity index (χ4v) is 4.50. The van der Waals surface area contributed by atoms with Crippen molar-refractivity contribution >= 4 is 74.8 Å². The SMILES string of the molecule is O=C(CS[C@@H]1CC(=O)N(c2ccc(Cl)c(Cl)c2)C1=O)Nc1ccc2ccccc2c1. The minimum Gasteiger partial charge on any atom is -0.325 e. The summed E-state index contributed by atoms with van der Waals surface area (Å²) in [6.45, 7) is 0. The number of carbonyl (C=O) groups excluding carboxylic acids is 3. The molecule has 0 radical (unpaired) electrons. The Hall–Kier alpha value is -2.54. The van der Waals surface area contributed by atoms with Gasteiger partial charge >= 0.3 is 0 Å². The van der Waals surface area contributed by atoms with Crippen molar-refractivity contribution in [3.63, 3.8) is 0 Å². The molecule has 30 heavy (non-hydrogen) atoms. The third-order valence-corrected chi connectivity index (χ3v) is 6.65. The van der Waals surface area contributed by atoms with Crippen molar-refractivity contribution < 1.29 is 14.4 Å². The fraction of sp³-hybridized carbons (Fsp3) is 0.136. The Morgan fingerprint density at radius 2 is 1.77 bits per heavy atom. The lowest BCUT2D eigenvalue weighted by molar-refractivity contribution is -0.121. The summed E-state index contributed by atoms with van der Waals surface area (Å²) in [5, 5.41) is 4.94. The van der Waals surface area contributed by atoms with Gasteiger partial charge in [-0.15, -0.1) is 11.8 Å². The number of hydrogen-bond acceptors (Lipinski definition) is 4. The number of fused-ring (bicyclic) bond motifs is 1. The molecule has 1 aliphatic heterocycles. The van der Waals surface area contributed by atoms with Crippen molar-refractivity contribution in [3.8, 4) is 0 Å². The van der Waals surface area contributed by atoms with Crippen LogP contribution in [0, 0.1) is 0 Å². The van der Waals surface area contributed by atoms with Crippen LogP contribution in [0.2, 0.25) is 10.0 Å². The number of hydrogen-bond donors (Lipinski definition) is 1. The molecule has 3 aromatic carbocycles. The average Bonchev–Trinajstić information content (AvgIpc) is 3.02. The molecule has 0 unspecified atom stereocenters. The monoisotopic (exact) mass is 458 g/mol. The van der Waals surface area contributed by atoms with Crippen LogP contribution >= 0.6 is 35.0 Å². The van der Waals surface area contributed by atoms with Crippen LogP contribution in [-0.2, 0) is 14.4 Å². The van der Waals surface area contributed by atoms with Crippen LogP contribution < -0.4 is 10.2 Å². The number of amides is 3. The van der Waals surface area contributed by atoms with E-state index in [2.05, 4.69) is 5.32 Å². The Morgan fingerprint density at radius 1 is 1.00 bits per heavy atom. The van der Waals surface area contributed by atoms with E-state index in [-0.39, 0.29) is 34.9 Å². The van der Waals surface area contributed by atoms with Crippen molar-refractivity contribution in [2.24, 2.45) is 0 Å². The van der Waals surface area contributed by atoms with Crippen LogP contribution in [0.25, 0.3) is 10.8 Å². The predicted octanol–water partition coefficient (Wildman–Crippen LogP) is 5.15. The molecule has 152 valence electrons. The van der Waals surface area contributed by atoms with Gasteiger partial charge in [-0.3, -0.25) is 14.4 Å². The zero-order valence-corrected chi connectivity index (χ0v) is 17.9. The topological polar surface area (TPSA) is 66.5 Å². The minimum absolute atomic E-state index is 0.0347. The zero-order valence-electron chi connectivity index (χ0n) is 15.6. The number of halogens is 2. The molecule has 3 aromatic rings. The standard InChI is InChI=1S/C22H16Cl2N2O3S/c23-17-8-7-16(10-18(17)24)26-21(28)11-19(22(26)29)30-12-20(27)25-15-6-5-13-3-1-2-4-14(13)9-15/h1-10,19H,11-12H2,(H,25,27)/t19-/m1/s1. The molecule has 0 spiro atoms. The first kappa shape index (κ1) is 20.7. The van der Waals surface area contributed by atoms with E-state index < -0.39 is 5.25 Å². The molecule has 0 saturated carbocycles. The first-order valence-electron chi connectivity index (χ1n) is 9.14. The van der Waals surface area contributed by atoms with E-state index >= 15 is 0 Å². The van der Waals surface area contributed by atoms with Crippen molar-refractivity contribution in [3.05, 3.63) is 70.7 Å². The number of nitrogens with one attached hydrogen (secondary N) is 1. The lowest BCUT2D eigenvalue weighted by Gasteiger charge is -2.15. The molecule has 1 atom stereocenters. The predicted molar refractivity (Wildman–Crippen MR) is 122 cm³/mol. The average molecular weight is 459 g/mol. The van der Waals surface area contributed by atoms with E-state index in [1.807, 2.05) is 42.5 Å². The summed E-state index contributed by atoms with van der Waals surface area (Å²) in [6.07, 6.45) is 0.0347. The maximum atomic E-state index is 12.7. The molecule has 0 aliphatic carbocycles. The Morgan fingerprint density at radius 3 is 2.53 bits per heavy atom. The van der Waals surface area contributed by atoms with Gasteiger partial charge in [0.05, 0.1) is 26.7 Å². The first-order valence-corrected chi connectivity index (χ1v) is 10.9. The first-order chi connectivity index (χ1) is 14.4. The Balaban J connectivity index is 1.38. The quantitative estimate of drug-likeness (QED) is 0.536. The van der Waals surface area contributed by atoms with E-state index in [0.29, 0.717) is 16.4 Å². The van der Waals surface area contributed by atoms with Gasteiger partial charge in [0.25, 0.3) is 0 Å². The Bertz CT molecular complexity index is 1170.